The largest absolute Gasteiger partial charge is 0.443 e. The van der Waals surface area contributed by atoms with E-state index in [-0.39, 0.29) is 5.78 Å². The Morgan fingerprint density at radius 3 is 2.42 bits per heavy atom. The second kappa shape index (κ2) is 6.54. The average Bonchev–Trinajstić information content (AvgIpc) is 2.73. The molecule has 24 heavy (non-hydrogen) atoms. The van der Waals surface area contributed by atoms with Crippen molar-refractivity contribution in [3.8, 4) is 0 Å². The summed E-state index contributed by atoms with van der Waals surface area (Å²) in [4.78, 5) is 28.7. The van der Waals surface area contributed by atoms with E-state index in [1.54, 1.807) is 46.2 Å². The highest BCUT2D eigenvalue weighted by molar-refractivity contribution is 14.1. The minimum absolute atomic E-state index is 0.152. The third kappa shape index (κ3) is 3.77. The van der Waals surface area contributed by atoms with Crippen LogP contribution in [-0.4, -0.2) is 27.0 Å². The summed E-state index contributed by atoms with van der Waals surface area (Å²) in [5.74, 6) is -0.152. The van der Waals surface area contributed by atoms with E-state index in [0.717, 1.165) is 3.57 Å². The quantitative estimate of drug-likeness (QED) is 0.567. The van der Waals surface area contributed by atoms with Crippen LogP contribution in [0.15, 0.2) is 24.2 Å². The van der Waals surface area contributed by atoms with Crippen LogP contribution in [0.25, 0.3) is 16.6 Å². The van der Waals surface area contributed by atoms with Gasteiger partial charge in [0.1, 0.15) is 11.1 Å². The number of carbonyl (C=O) groups excluding carboxylic acids is 2. The minimum Gasteiger partial charge on any atom is -0.443 e. The van der Waals surface area contributed by atoms with Crippen molar-refractivity contribution in [3.05, 3.63) is 33.3 Å². The number of allylic oxidation sites excluding steroid dienone is 2. The normalized spacial score (nSPS) is 12.9. The van der Waals surface area contributed by atoms with E-state index in [1.165, 1.54) is 11.5 Å². The summed E-state index contributed by atoms with van der Waals surface area (Å²) in [6.07, 6.45) is 2.77. The number of hydrogen-bond donors (Lipinski definition) is 1. The van der Waals surface area contributed by atoms with E-state index in [2.05, 4.69) is 27.6 Å². The summed E-state index contributed by atoms with van der Waals surface area (Å²) < 4.78 is 7.65. The van der Waals surface area contributed by atoms with Crippen LogP contribution in [0.4, 0.5) is 4.79 Å². The molecule has 0 bridgehead atoms. The van der Waals surface area contributed by atoms with Gasteiger partial charge in [-0.05, 0) is 63.3 Å². The molecule has 128 valence electrons. The number of nitrogens with two attached hydrogens (primary N) is 1. The number of carbonyl (C=O) groups is 2. The predicted octanol–water partition coefficient (Wildman–Crippen LogP) is 3.70. The maximum Gasteiger partial charge on any atom is 0.419 e. The van der Waals surface area contributed by atoms with Crippen molar-refractivity contribution >= 4 is 51.1 Å². The Kier molecular flexibility index (Phi) is 5.03. The Morgan fingerprint density at radius 1 is 1.29 bits per heavy atom. The molecule has 0 aromatic carbocycles. The number of fused-ring (bicyclic) bond motifs is 1. The monoisotopic (exact) mass is 441 g/mol. The van der Waals surface area contributed by atoms with Crippen LogP contribution >= 0.6 is 22.6 Å². The molecular weight excluding hydrogens is 421 g/mol. The highest BCUT2D eigenvalue weighted by atomic mass is 127. The lowest BCUT2D eigenvalue weighted by Gasteiger charge is -2.19. The van der Waals surface area contributed by atoms with Crippen LogP contribution in [0.5, 0.6) is 0 Å². The van der Waals surface area contributed by atoms with Gasteiger partial charge in [-0.3, -0.25) is 9.78 Å². The first-order chi connectivity index (χ1) is 11.0. The average molecular weight is 441 g/mol. The third-order valence-corrected chi connectivity index (χ3v) is 4.01. The lowest BCUT2D eigenvalue weighted by atomic mass is 10.0. The summed E-state index contributed by atoms with van der Waals surface area (Å²) in [7, 11) is 0. The number of ether oxygens (including phenoxy) is 1. The van der Waals surface area contributed by atoms with Gasteiger partial charge in [-0.25, -0.2) is 9.36 Å². The van der Waals surface area contributed by atoms with Crippen molar-refractivity contribution in [1.29, 1.82) is 0 Å². The number of ketones is 1. The van der Waals surface area contributed by atoms with Gasteiger partial charge in [0.05, 0.1) is 9.09 Å². The van der Waals surface area contributed by atoms with Gasteiger partial charge in [0.25, 0.3) is 0 Å². The number of rotatable bonds is 2. The fraction of sp³-hybridized carbons (Fsp3) is 0.353. The molecule has 7 heteroatoms. The van der Waals surface area contributed by atoms with Crippen molar-refractivity contribution in [3.63, 3.8) is 0 Å². The van der Waals surface area contributed by atoms with Gasteiger partial charge >= 0.3 is 6.09 Å². The van der Waals surface area contributed by atoms with Crippen LogP contribution in [0.2, 0.25) is 0 Å². The first-order valence-corrected chi connectivity index (χ1v) is 8.46. The number of Topliss-reactive ketones (excluding diaryl/α,β-unsaturated/α-hetero) is 1. The molecule has 0 aliphatic heterocycles. The Balaban J connectivity index is 2.64. The molecule has 6 nitrogen and oxygen atoms in total. The standard InChI is InChI=1S/C17H20IN3O3/c1-9(19)14(10(2)22)11-6-13-15(20-7-11)12(18)8-21(13)16(23)24-17(3,4)5/h6-8H,19H2,1-5H3. The zero-order valence-corrected chi connectivity index (χ0v) is 16.5. The topological polar surface area (TPSA) is 87.2 Å². The smallest absolute Gasteiger partial charge is 0.419 e. The van der Waals surface area contributed by atoms with Crippen LogP contribution in [-0.2, 0) is 9.53 Å². The molecule has 0 unspecified atom stereocenters. The lowest BCUT2D eigenvalue weighted by molar-refractivity contribution is -0.111. The molecule has 2 N–H and O–H groups in total. The molecule has 0 aliphatic carbocycles. The van der Waals surface area contributed by atoms with E-state index in [0.29, 0.717) is 27.9 Å². The van der Waals surface area contributed by atoms with E-state index in [9.17, 15) is 9.59 Å². The van der Waals surface area contributed by atoms with Gasteiger partial charge in [-0.1, -0.05) is 0 Å². The molecule has 2 heterocycles. The van der Waals surface area contributed by atoms with Gasteiger partial charge in [-0.15, -0.1) is 0 Å². The van der Waals surface area contributed by atoms with Crippen LogP contribution in [0.1, 0.15) is 40.2 Å². The summed E-state index contributed by atoms with van der Waals surface area (Å²) in [6, 6.07) is 1.74. The summed E-state index contributed by atoms with van der Waals surface area (Å²) in [6.45, 7) is 8.53. The van der Waals surface area contributed by atoms with Gasteiger partial charge in [0, 0.05) is 29.2 Å². The van der Waals surface area contributed by atoms with E-state index >= 15 is 0 Å². The molecule has 0 fully saturated rings. The molecule has 0 saturated carbocycles. The number of pyridine rings is 1. The Morgan fingerprint density at radius 2 is 1.92 bits per heavy atom. The van der Waals surface area contributed by atoms with Gasteiger partial charge < -0.3 is 10.5 Å². The van der Waals surface area contributed by atoms with Crippen molar-refractivity contribution < 1.29 is 14.3 Å². The minimum atomic E-state index is -0.609. The summed E-state index contributed by atoms with van der Waals surface area (Å²) >= 11 is 2.11. The van der Waals surface area contributed by atoms with Gasteiger partial charge in [-0.2, -0.15) is 0 Å². The maximum absolute atomic E-state index is 12.4. The Labute approximate surface area is 154 Å². The number of aromatic nitrogens is 2. The zero-order chi connectivity index (χ0) is 18.2. The highest BCUT2D eigenvalue weighted by Crippen LogP contribution is 2.26. The molecule has 0 aliphatic rings. The Bertz CT molecular complexity index is 856. The van der Waals surface area contributed by atoms with Crippen LogP contribution < -0.4 is 5.73 Å². The summed E-state index contributed by atoms with van der Waals surface area (Å²) in [5.41, 5.74) is 7.86. The molecule has 0 saturated heterocycles. The SMILES string of the molecule is CC(=O)C(=C(C)N)c1cnc2c(I)cn(C(=O)OC(C)(C)C)c2c1. The first kappa shape index (κ1) is 18.4. The van der Waals surface area contributed by atoms with Crippen molar-refractivity contribution in [2.45, 2.75) is 40.2 Å². The van der Waals surface area contributed by atoms with Crippen LogP contribution in [0.3, 0.4) is 0 Å². The zero-order valence-electron chi connectivity index (χ0n) is 14.3. The van der Waals surface area contributed by atoms with E-state index in [1.807, 2.05) is 0 Å². The van der Waals surface area contributed by atoms with Crippen molar-refractivity contribution in [2.75, 3.05) is 0 Å². The fourth-order valence-corrected chi connectivity index (χ4v) is 3.07. The summed E-state index contributed by atoms with van der Waals surface area (Å²) in [5, 5.41) is 0. The van der Waals surface area contributed by atoms with Crippen molar-refractivity contribution in [2.24, 2.45) is 5.73 Å². The molecule has 0 atom stereocenters. The molecule has 2 aromatic rings. The second-order valence-electron chi connectivity index (χ2n) is 6.53. The van der Waals surface area contributed by atoms with E-state index in [4.69, 9.17) is 10.5 Å². The molecular formula is C17H20IN3O3. The third-order valence-electron chi connectivity index (χ3n) is 3.22. The first-order valence-electron chi connectivity index (χ1n) is 7.39. The van der Waals surface area contributed by atoms with E-state index < -0.39 is 11.7 Å². The highest BCUT2D eigenvalue weighted by Gasteiger charge is 2.22. The lowest BCUT2D eigenvalue weighted by Crippen LogP contribution is -2.26. The molecule has 0 amide bonds. The molecule has 2 rings (SSSR count). The fourth-order valence-electron chi connectivity index (χ4n) is 2.37. The predicted molar refractivity (Wildman–Crippen MR) is 102 cm³/mol. The molecule has 0 spiro atoms. The number of hydrogen-bond acceptors (Lipinski definition) is 5. The Hall–Kier alpha value is -1.90. The van der Waals surface area contributed by atoms with Gasteiger partial charge in [0.15, 0.2) is 5.78 Å². The maximum atomic E-state index is 12.4. The second-order valence-corrected chi connectivity index (χ2v) is 7.70. The molecule has 2 aromatic heterocycles. The number of halogens is 1. The van der Waals surface area contributed by atoms with Gasteiger partial charge in [0.2, 0.25) is 0 Å². The van der Waals surface area contributed by atoms with Crippen molar-refractivity contribution in [1.82, 2.24) is 9.55 Å². The van der Waals surface area contributed by atoms with Crippen LogP contribution in [0, 0.1) is 3.57 Å². The number of nitrogens with zero attached hydrogens (tertiary/aromatic N) is 2. The molecule has 0 radical (unpaired) electrons.